The first-order chi connectivity index (χ1) is 16.7. The molecule has 0 aliphatic heterocycles. The van der Waals surface area contributed by atoms with Crippen LogP contribution in [0.4, 0.5) is 14.7 Å². The maximum Gasteiger partial charge on any atom is 0.265 e. The maximum atomic E-state index is 13.8. The van der Waals surface area contributed by atoms with E-state index in [1.54, 1.807) is 55.6 Å². The highest BCUT2D eigenvalue weighted by molar-refractivity contribution is 6.30. The molecule has 5 aromatic rings. The zero-order chi connectivity index (χ0) is 24.7. The van der Waals surface area contributed by atoms with E-state index < -0.39 is 12.5 Å². The van der Waals surface area contributed by atoms with Crippen molar-refractivity contribution < 1.29 is 13.2 Å². The average molecular weight is 496 g/mol. The van der Waals surface area contributed by atoms with Crippen LogP contribution in [0.2, 0.25) is 5.02 Å². The monoisotopic (exact) mass is 495 g/mol. The Hall–Kier alpha value is -3.85. The van der Waals surface area contributed by atoms with Gasteiger partial charge < -0.3 is 9.73 Å². The van der Waals surface area contributed by atoms with Crippen LogP contribution in [0.5, 0.6) is 0 Å². The number of pyridine rings is 1. The van der Waals surface area contributed by atoms with Crippen LogP contribution in [-0.4, -0.2) is 32.0 Å². The molecule has 178 valence electrons. The molecule has 0 aliphatic carbocycles. The Labute approximate surface area is 203 Å². The highest BCUT2D eigenvalue weighted by Gasteiger charge is 2.26. The number of aromatic nitrogens is 4. The summed E-state index contributed by atoms with van der Waals surface area (Å²) in [5.41, 5.74) is 2.68. The molecule has 1 N–H and O–H groups in total. The van der Waals surface area contributed by atoms with E-state index in [2.05, 4.69) is 20.3 Å². The predicted octanol–water partition coefficient (Wildman–Crippen LogP) is 6.01. The predicted molar refractivity (Wildman–Crippen MR) is 132 cm³/mol. The van der Waals surface area contributed by atoms with Crippen LogP contribution in [0.25, 0.3) is 38.8 Å². The first-order valence-corrected chi connectivity index (χ1v) is 11.3. The van der Waals surface area contributed by atoms with Crippen LogP contribution >= 0.6 is 11.6 Å². The second-order valence-corrected chi connectivity index (χ2v) is 8.57. The molecular weight excluding hydrogens is 476 g/mol. The number of nitrogens with one attached hydrogen (secondary N) is 1. The topological polar surface area (TPSA) is 85.8 Å². The molecule has 0 radical (unpaired) electrons. The van der Waals surface area contributed by atoms with E-state index in [0.29, 0.717) is 49.7 Å². The van der Waals surface area contributed by atoms with Crippen LogP contribution in [0.1, 0.15) is 19.2 Å². The Bertz CT molecular complexity index is 1610. The molecular formula is C25H20ClF2N5O2. The molecule has 3 heterocycles. The number of hydrogen-bond donors (Lipinski definition) is 1. The van der Waals surface area contributed by atoms with Gasteiger partial charge in [0.05, 0.1) is 23.3 Å². The molecule has 2 aromatic carbocycles. The van der Waals surface area contributed by atoms with Gasteiger partial charge in [-0.1, -0.05) is 30.7 Å². The number of anilines is 1. The van der Waals surface area contributed by atoms with E-state index in [1.807, 2.05) is 0 Å². The van der Waals surface area contributed by atoms with Crippen molar-refractivity contribution in [3.8, 4) is 16.8 Å². The van der Waals surface area contributed by atoms with E-state index in [1.165, 1.54) is 17.7 Å². The third-order valence-electron chi connectivity index (χ3n) is 5.67. The SMILES string of the molecule is CCC(F)(F)CNc1ncc2cn(-c3ccc4oc(C)nc4c3)c(=O)c(-c3ccc(Cl)cc3)c2n1. The van der Waals surface area contributed by atoms with Crippen molar-refractivity contribution in [3.63, 3.8) is 0 Å². The summed E-state index contributed by atoms with van der Waals surface area (Å²) in [4.78, 5) is 26.7. The van der Waals surface area contributed by atoms with Crippen LogP contribution in [0.3, 0.4) is 0 Å². The van der Waals surface area contributed by atoms with E-state index in [4.69, 9.17) is 16.0 Å². The Kier molecular flexibility index (Phi) is 5.72. The van der Waals surface area contributed by atoms with Gasteiger partial charge in [-0.25, -0.2) is 23.7 Å². The third-order valence-corrected chi connectivity index (χ3v) is 5.92. The first-order valence-electron chi connectivity index (χ1n) is 10.9. The van der Waals surface area contributed by atoms with Crippen molar-refractivity contribution >= 4 is 39.6 Å². The van der Waals surface area contributed by atoms with Gasteiger partial charge >= 0.3 is 0 Å². The fraction of sp³-hybridized carbons (Fsp3) is 0.200. The molecule has 0 aliphatic rings. The minimum absolute atomic E-state index is 0.0116. The zero-order valence-corrected chi connectivity index (χ0v) is 19.6. The van der Waals surface area contributed by atoms with Crippen molar-refractivity contribution in [2.24, 2.45) is 0 Å². The summed E-state index contributed by atoms with van der Waals surface area (Å²) in [5, 5.41) is 3.65. The van der Waals surface area contributed by atoms with Gasteiger partial charge in [0, 0.05) is 36.1 Å². The number of fused-ring (bicyclic) bond motifs is 2. The van der Waals surface area contributed by atoms with Crippen LogP contribution in [0, 0.1) is 6.92 Å². The highest BCUT2D eigenvalue weighted by atomic mass is 35.5. The van der Waals surface area contributed by atoms with Gasteiger partial charge in [0.15, 0.2) is 11.5 Å². The van der Waals surface area contributed by atoms with Crippen molar-refractivity contribution in [1.29, 1.82) is 0 Å². The Morgan fingerprint density at radius 2 is 1.91 bits per heavy atom. The molecule has 0 spiro atoms. The summed E-state index contributed by atoms with van der Waals surface area (Å²) in [6, 6.07) is 12.0. The summed E-state index contributed by atoms with van der Waals surface area (Å²) >= 11 is 6.06. The van der Waals surface area contributed by atoms with Gasteiger partial charge in [-0.15, -0.1) is 0 Å². The second-order valence-electron chi connectivity index (χ2n) is 8.13. The lowest BCUT2D eigenvalue weighted by atomic mass is 10.0. The quantitative estimate of drug-likeness (QED) is 0.310. The standard InChI is InChI=1S/C25H20ClF2N5O2/c1-3-25(27,28)13-30-24-29-11-16-12-33(18-8-9-20-19(10-18)31-14(2)35-20)23(34)21(22(16)32-24)15-4-6-17(26)7-5-15/h4-12H,3,13H2,1-2H3,(H,30,32). The van der Waals surface area contributed by atoms with E-state index >= 15 is 0 Å². The molecule has 5 rings (SSSR count). The maximum absolute atomic E-state index is 13.8. The number of oxazole rings is 1. The number of hydrogen-bond acceptors (Lipinski definition) is 6. The summed E-state index contributed by atoms with van der Waals surface area (Å²) < 4.78 is 34.5. The van der Waals surface area contributed by atoms with Gasteiger partial charge in [-0.05, 0) is 35.9 Å². The van der Waals surface area contributed by atoms with Gasteiger partial charge in [-0.2, -0.15) is 0 Å². The van der Waals surface area contributed by atoms with E-state index in [0.717, 1.165) is 0 Å². The normalized spacial score (nSPS) is 11.9. The molecule has 0 amide bonds. The van der Waals surface area contributed by atoms with Gasteiger partial charge in [0.2, 0.25) is 5.95 Å². The lowest BCUT2D eigenvalue weighted by Crippen LogP contribution is -2.27. The zero-order valence-electron chi connectivity index (χ0n) is 18.8. The Balaban J connectivity index is 1.71. The molecule has 0 saturated carbocycles. The number of aryl methyl sites for hydroxylation is 1. The molecule has 0 atom stereocenters. The smallest absolute Gasteiger partial charge is 0.265 e. The Morgan fingerprint density at radius 1 is 1.14 bits per heavy atom. The lowest BCUT2D eigenvalue weighted by Gasteiger charge is -2.16. The summed E-state index contributed by atoms with van der Waals surface area (Å²) in [5.74, 6) is -2.37. The first kappa shape index (κ1) is 22.9. The van der Waals surface area contributed by atoms with Crippen molar-refractivity contribution in [2.45, 2.75) is 26.2 Å². The summed E-state index contributed by atoms with van der Waals surface area (Å²) in [6.45, 7) is 2.54. The van der Waals surface area contributed by atoms with Crippen LogP contribution < -0.4 is 10.9 Å². The Morgan fingerprint density at radius 3 is 2.66 bits per heavy atom. The van der Waals surface area contributed by atoms with Gasteiger partial charge in [0.25, 0.3) is 11.5 Å². The highest BCUT2D eigenvalue weighted by Crippen LogP contribution is 2.28. The third kappa shape index (κ3) is 4.46. The molecule has 0 saturated heterocycles. The minimum Gasteiger partial charge on any atom is -0.441 e. The number of benzene rings is 2. The average Bonchev–Trinajstić information content (AvgIpc) is 3.22. The van der Waals surface area contributed by atoms with E-state index in [-0.39, 0.29) is 17.9 Å². The number of alkyl halides is 2. The lowest BCUT2D eigenvalue weighted by molar-refractivity contribution is 0.0114. The molecule has 35 heavy (non-hydrogen) atoms. The summed E-state index contributed by atoms with van der Waals surface area (Å²) in [7, 11) is 0. The second kappa shape index (κ2) is 8.74. The van der Waals surface area contributed by atoms with Crippen LogP contribution in [0.15, 0.2) is 64.1 Å². The van der Waals surface area contributed by atoms with Crippen molar-refractivity contribution in [2.75, 3.05) is 11.9 Å². The molecule has 0 unspecified atom stereocenters. The van der Waals surface area contributed by atoms with E-state index in [9.17, 15) is 13.6 Å². The fourth-order valence-corrected chi connectivity index (χ4v) is 3.90. The van der Waals surface area contributed by atoms with Gasteiger partial charge in [-0.3, -0.25) is 9.36 Å². The number of rotatable bonds is 6. The molecule has 7 nitrogen and oxygen atoms in total. The molecule has 0 bridgehead atoms. The molecule has 3 aromatic heterocycles. The molecule has 10 heteroatoms. The molecule has 0 fully saturated rings. The minimum atomic E-state index is -2.90. The van der Waals surface area contributed by atoms with Crippen LogP contribution in [-0.2, 0) is 0 Å². The largest absolute Gasteiger partial charge is 0.441 e. The van der Waals surface area contributed by atoms with Crippen molar-refractivity contribution in [1.82, 2.24) is 19.5 Å². The van der Waals surface area contributed by atoms with Gasteiger partial charge in [0.1, 0.15) is 5.52 Å². The number of nitrogens with zero attached hydrogens (tertiary/aromatic N) is 4. The fourth-order valence-electron chi connectivity index (χ4n) is 3.77. The van der Waals surface area contributed by atoms with Crippen molar-refractivity contribution in [3.05, 3.63) is 76.1 Å². The summed E-state index contributed by atoms with van der Waals surface area (Å²) in [6.07, 6.45) is 2.81. The number of halogens is 3.